The van der Waals surface area contributed by atoms with E-state index in [1.54, 1.807) is 31.9 Å². The molecule has 0 spiro atoms. The van der Waals surface area contributed by atoms with Crippen LogP contribution < -0.4 is 4.74 Å². The predicted molar refractivity (Wildman–Crippen MR) is 116 cm³/mol. The van der Waals surface area contributed by atoms with Crippen molar-refractivity contribution in [2.45, 2.75) is 52.2 Å². The van der Waals surface area contributed by atoms with Gasteiger partial charge >= 0.3 is 0 Å². The van der Waals surface area contributed by atoms with Crippen molar-refractivity contribution in [2.75, 3.05) is 26.7 Å². The maximum atomic E-state index is 14.6. The van der Waals surface area contributed by atoms with Crippen LogP contribution in [0.5, 0.6) is 5.75 Å². The third-order valence-electron chi connectivity index (χ3n) is 6.32. The van der Waals surface area contributed by atoms with Crippen LogP contribution in [0, 0.1) is 25.6 Å². The van der Waals surface area contributed by atoms with Crippen molar-refractivity contribution >= 4 is 17.5 Å². The minimum absolute atomic E-state index is 0.00691. The summed E-state index contributed by atoms with van der Waals surface area (Å²) in [5, 5.41) is 4.27. The van der Waals surface area contributed by atoms with E-state index in [0.717, 1.165) is 38.8 Å². The van der Waals surface area contributed by atoms with Crippen LogP contribution in [0.2, 0.25) is 5.02 Å². The topological polar surface area (TPSA) is 58.8 Å². The van der Waals surface area contributed by atoms with Crippen LogP contribution in [0.25, 0.3) is 0 Å². The molecule has 168 valence electrons. The van der Waals surface area contributed by atoms with Gasteiger partial charge in [-0.15, -0.1) is 0 Å². The van der Waals surface area contributed by atoms with Gasteiger partial charge in [0.15, 0.2) is 0 Å². The second-order valence-corrected chi connectivity index (χ2v) is 9.22. The van der Waals surface area contributed by atoms with E-state index in [1.165, 1.54) is 6.07 Å². The fraction of sp³-hybridized carbons (Fsp3) is 0.565. The summed E-state index contributed by atoms with van der Waals surface area (Å²) in [7, 11) is 1.79. The Kier molecular flexibility index (Phi) is 6.53. The molecule has 1 aromatic carbocycles. The summed E-state index contributed by atoms with van der Waals surface area (Å²) in [6.07, 6.45) is 3.94. The van der Waals surface area contributed by atoms with Crippen molar-refractivity contribution < 1.29 is 18.4 Å². The number of hydrogen-bond donors (Lipinski definition) is 0. The van der Waals surface area contributed by atoms with Crippen molar-refractivity contribution in [1.82, 2.24) is 15.0 Å². The van der Waals surface area contributed by atoms with Crippen molar-refractivity contribution in [2.24, 2.45) is 5.92 Å². The zero-order valence-corrected chi connectivity index (χ0v) is 19.0. The van der Waals surface area contributed by atoms with Gasteiger partial charge in [-0.05, 0) is 64.6 Å². The molecule has 0 atom stereocenters. The van der Waals surface area contributed by atoms with Crippen molar-refractivity contribution in [1.29, 1.82) is 0 Å². The zero-order chi connectivity index (χ0) is 22.1. The van der Waals surface area contributed by atoms with E-state index in [9.17, 15) is 9.18 Å². The van der Waals surface area contributed by atoms with Crippen molar-refractivity contribution in [3.05, 3.63) is 45.6 Å². The molecule has 0 radical (unpaired) electrons. The number of carbonyl (C=O) groups is 1. The summed E-state index contributed by atoms with van der Waals surface area (Å²) in [5.41, 5.74) is 1.69. The third-order valence-corrected chi connectivity index (χ3v) is 6.65. The fourth-order valence-electron chi connectivity index (χ4n) is 4.52. The Morgan fingerprint density at radius 3 is 2.65 bits per heavy atom. The predicted octanol–water partition coefficient (Wildman–Crippen LogP) is 4.61. The Morgan fingerprint density at radius 1 is 1.32 bits per heavy atom. The molecule has 1 amide bonds. The molecule has 8 heteroatoms. The molecule has 0 unspecified atom stereocenters. The highest BCUT2D eigenvalue weighted by Gasteiger charge is 2.33. The summed E-state index contributed by atoms with van der Waals surface area (Å²) >= 11 is 6.36. The first kappa shape index (κ1) is 22.1. The van der Waals surface area contributed by atoms with Gasteiger partial charge in [0.05, 0.1) is 16.8 Å². The van der Waals surface area contributed by atoms with Gasteiger partial charge in [0.1, 0.15) is 22.9 Å². The Bertz CT molecular complexity index is 909. The van der Waals surface area contributed by atoms with Crippen LogP contribution in [-0.2, 0) is 6.54 Å². The number of amides is 1. The zero-order valence-electron chi connectivity index (χ0n) is 18.3. The van der Waals surface area contributed by atoms with Crippen LogP contribution >= 0.6 is 11.6 Å². The SMILES string of the molecule is Cc1noc(C)c1C(=O)N(C)CC1CC(Oc2cc(F)c(CN3CCCC3)c(Cl)c2)C1. The molecular weight excluding hydrogens is 421 g/mol. The lowest BCUT2D eigenvalue weighted by molar-refractivity contribution is 0.0416. The van der Waals surface area contributed by atoms with E-state index in [1.807, 2.05) is 0 Å². The second-order valence-electron chi connectivity index (χ2n) is 8.81. The molecule has 4 rings (SSSR count). The standard InChI is InChI=1S/C23H29ClFN3O3/c1-14-22(15(2)31-26-14)23(29)27(3)12-16-8-17(9-16)30-18-10-20(24)19(21(25)11-18)13-28-6-4-5-7-28/h10-11,16-17H,4-9,12-13H2,1-3H3. The smallest absolute Gasteiger partial charge is 0.259 e. The largest absolute Gasteiger partial charge is 0.490 e. The number of aryl methyl sites for hydroxylation is 2. The van der Waals surface area contributed by atoms with Crippen LogP contribution in [0.3, 0.4) is 0 Å². The number of nitrogens with zero attached hydrogens (tertiary/aromatic N) is 3. The molecule has 1 saturated heterocycles. The molecule has 1 saturated carbocycles. The number of ether oxygens (including phenoxy) is 1. The molecule has 1 aliphatic heterocycles. The number of aromatic nitrogens is 1. The lowest BCUT2D eigenvalue weighted by Crippen LogP contribution is -2.42. The molecule has 1 aromatic heterocycles. The average Bonchev–Trinajstić information content (AvgIpc) is 3.32. The van der Waals surface area contributed by atoms with E-state index in [-0.39, 0.29) is 17.8 Å². The third kappa shape index (κ3) is 4.88. The minimum Gasteiger partial charge on any atom is -0.490 e. The van der Waals surface area contributed by atoms with Crippen LogP contribution in [-0.4, -0.2) is 53.6 Å². The number of rotatable bonds is 7. The van der Waals surface area contributed by atoms with Crippen molar-refractivity contribution in [3.63, 3.8) is 0 Å². The first-order chi connectivity index (χ1) is 14.8. The van der Waals surface area contributed by atoms with Gasteiger partial charge in [0.2, 0.25) is 0 Å². The van der Waals surface area contributed by atoms with E-state index in [4.69, 9.17) is 20.9 Å². The highest BCUT2D eigenvalue weighted by atomic mass is 35.5. The van der Waals surface area contributed by atoms with E-state index in [0.29, 0.717) is 52.4 Å². The van der Waals surface area contributed by atoms with E-state index >= 15 is 0 Å². The Hall–Kier alpha value is -2.12. The van der Waals surface area contributed by atoms with Gasteiger partial charge in [-0.3, -0.25) is 9.69 Å². The average molecular weight is 450 g/mol. The van der Waals surface area contributed by atoms with Crippen molar-refractivity contribution in [3.8, 4) is 5.75 Å². The monoisotopic (exact) mass is 449 g/mol. The molecule has 2 heterocycles. The molecule has 31 heavy (non-hydrogen) atoms. The van der Waals surface area contributed by atoms with Gasteiger partial charge in [0, 0.05) is 31.8 Å². The number of carbonyl (C=O) groups excluding carboxylic acids is 1. The maximum Gasteiger partial charge on any atom is 0.259 e. The second kappa shape index (κ2) is 9.17. The fourth-order valence-corrected chi connectivity index (χ4v) is 4.78. The van der Waals surface area contributed by atoms with Gasteiger partial charge in [0.25, 0.3) is 5.91 Å². The molecular formula is C23H29ClFN3O3. The first-order valence-electron chi connectivity index (χ1n) is 10.9. The Morgan fingerprint density at radius 2 is 2.03 bits per heavy atom. The van der Waals surface area contributed by atoms with E-state index < -0.39 is 0 Å². The summed E-state index contributed by atoms with van der Waals surface area (Å²) in [6.45, 7) is 6.67. The van der Waals surface area contributed by atoms with Gasteiger partial charge in [-0.2, -0.15) is 0 Å². The molecule has 2 fully saturated rings. The molecule has 2 aliphatic rings. The first-order valence-corrected chi connectivity index (χ1v) is 11.2. The number of halogens is 2. The van der Waals surface area contributed by atoms with Gasteiger partial charge < -0.3 is 14.2 Å². The quantitative estimate of drug-likeness (QED) is 0.617. The van der Waals surface area contributed by atoms with E-state index in [2.05, 4.69) is 10.1 Å². The summed E-state index contributed by atoms with van der Waals surface area (Å²) in [6, 6.07) is 3.16. The summed E-state index contributed by atoms with van der Waals surface area (Å²) in [4.78, 5) is 16.6. The summed E-state index contributed by atoms with van der Waals surface area (Å²) in [5.74, 6) is 0.958. The lowest BCUT2D eigenvalue weighted by atomic mass is 9.82. The van der Waals surface area contributed by atoms with Gasteiger partial charge in [-0.1, -0.05) is 16.8 Å². The maximum absolute atomic E-state index is 14.6. The molecule has 0 bridgehead atoms. The van der Waals surface area contributed by atoms with Crippen LogP contribution in [0.4, 0.5) is 4.39 Å². The van der Waals surface area contributed by atoms with Crippen LogP contribution in [0.15, 0.2) is 16.7 Å². The summed E-state index contributed by atoms with van der Waals surface area (Å²) < 4.78 is 25.7. The number of hydrogen-bond acceptors (Lipinski definition) is 5. The molecule has 0 N–H and O–H groups in total. The Labute approximate surface area is 187 Å². The highest BCUT2D eigenvalue weighted by Crippen LogP contribution is 2.35. The van der Waals surface area contributed by atoms with Gasteiger partial charge in [-0.25, -0.2) is 4.39 Å². The Balaban J connectivity index is 1.28. The minimum atomic E-state index is -0.310. The van der Waals surface area contributed by atoms with Crippen LogP contribution in [0.1, 0.15) is 53.1 Å². The number of benzene rings is 1. The highest BCUT2D eigenvalue weighted by molar-refractivity contribution is 6.31. The normalized spacial score (nSPS) is 21.2. The molecule has 2 aromatic rings. The molecule has 6 nitrogen and oxygen atoms in total. The lowest BCUT2D eigenvalue weighted by Gasteiger charge is -2.37. The molecule has 1 aliphatic carbocycles. The number of likely N-dealkylation sites (tertiary alicyclic amines) is 1.